The highest BCUT2D eigenvalue weighted by Gasteiger charge is 2.22. The maximum Gasteiger partial charge on any atom is 0.159 e. The van der Waals surface area contributed by atoms with Crippen molar-refractivity contribution in [1.82, 2.24) is 9.97 Å². The summed E-state index contributed by atoms with van der Waals surface area (Å²) in [6.07, 6.45) is 2.06. The fraction of sp³-hybridized carbons (Fsp3) is 0.692. The summed E-state index contributed by atoms with van der Waals surface area (Å²) >= 11 is 1.90. The quantitative estimate of drug-likeness (QED) is 0.858. The number of aromatic nitrogens is 2. The highest BCUT2D eigenvalue weighted by molar-refractivity contribution is 7.98. The number of thioether (sulfide) groups is 1. The number of nitrogens with zero attached hydrogens (tertiary/aromatic N) is 2. The predicted molar refractivity (Wildman–Crippen MR) is 75.9 cm³/mol. The molecule has 0 aliphatic carbocycles. The molecule has 0 bridgehead atoms. The van der Waals surface area contributed by atoms with Gasteiger partial charge < -0.3 is 10.1 Å². The van der Waals surface area contributed by atoms with E-state index in [1.807, 2.05) is 11.8 Å². The second kappa shape index (κ2) is 6.38. The van der Waals surface area contributed by atoms with Gasteiger partial charge in [0, 0.05) is 30.7 Å². The molecular formula is C13H21N3OS. The molecule has 1 aromatic rings. The zero-order valence-electron chi connectivity index (χ0n) is 11.3. The molecule has 0 spiro atoms. The third-order valence-corrected chi connectivity index (χ3v) is 4.03. The van der Waals surface area contributed by atoms with Crippen LogP contribution in [0.3, 0.4) is 0 Å². The van der Waals surface area contributed by atoms with Gasteiger partial charge in [0.15, 0.2) is 5.82 Å². The molecule has 1 N–H and O–H groups in total. The van der Waals surface area contributed by atoms with Gasteiger partial charge in [-0.25, -0.2) is 9.97 Å². The van der Waals surface area contributed by atoms with Gasteiger partial charge in [0.05, 0.1) is 5.69 Å². The Bertz CT molecular complexity index is 411. The van der Waals surface area contributed by atoms with Crippen molar-refractivity contribution in [3.8, 4) is 0 Å². The maximum absolute atomic E-state index is 5.51. The van der Waals surface area contributed by atoms with Gasteiger partial charge in [-0.2, -0.15) is 11.8 Å². The monoisotopic (exact) mass is 267 g/mol. The standard InChI is InChI=1S/C13H21N3OS/c1-4-6-11(17-3)13-15-10-8-18-7-9(10)12(16-13)14-5-2/h11H,4-8H2,1-3H3,(H,14,15,16). The summed E-state index contributed by atoms with van der Waals surface area (Å²) in [6.45, 7) is 5.13. The normalized spacial score (nSPS) is 15.5. The molecule has 2 heterocycles. The highest BCUT2D eigenvalue weighted by atomic mass is 32.2. The Morgan fingerprint density at radius 2 is 2.17 bits per heavy atom. The molecule has 0 radical (unpaired) electrons. The van der Waals surface area contributed by atoms with Crippen molar-refractivity contribution in [2.24, 2.45) is 0 Å². The molecule has 1 unspecified atom stereocenters. The summed E-state index contributed by atoms with van der Waals surface area (Å²) in [4.78, 5) is 9.35. The number of nitrogens with one attached hydrogen (secondary N) is 1. The Morgan fingerprint density at radius 3 is 2.83 bits per heavy atom. The van der Waals surface area contributed by atoms with Crippen LogP contribution in [0.15, 0.2) is 0 Å². The van der Waals surface area contributed by atoms with E-state index in [1.54, 1.807) is 7.11 Å². The molecule has 1 aliphatic heterocycles. The van der Waals surface area contributed by atoms with Crippen molar-refractivity contribution in [1.29, 1.82) is 0 Å². The van der Waals surface area contributed by atoms with E-state index in [0.717, 1.165) is 42.5 Å². The lowest BCUT2D eigenvalue weighted by Gasteiger charge is -2.16. The molecule has 1 aliphatic rings. The fourth-order valence-corrected chi connectivity index (χ4v) is 3.18. The predicted octanol–water partition coefficient (Wildman–Crippen LogP) is 3.14. The van der Waals surface area contributed by atoms with E-state index in [-0.39, 0.29) is 6.10 Å². The first-order valence-electron chi connectivity index (χ1n) is 6.54. The Labute approximate surface area is 113 Å². The molecule has 0 saturated heterocycles. The Morgan fingerprint density at radius 1 is 1.33 bits per heavy atom. The molecule has 0 aromatic carbocycles. The van der Waals surface area contributed by atoms with Gasteiger partial charge in [-0.3, -0.25) is 0 Å². The third-order valence-electron chi connectivity index (χ3n) is 3.06. The number of hydrogen-bond acceptors (Lipinski definition) is 5. The van der Waals surface area contributed by atoms with Crippen LogP contribution in [-0.4, -0.2) is 23.6 Å². The number of hydrogen-bond donors (Lipinski definition) is 1. The minimum Gasteiger partial charge on any atom is -0.373 e. The van der Waals surface area contributed by atoms with Crippen LogP contribution < -0.4 is 5.32 Å². The lowest BCUT2D eigenvalue weighted by Crippen LogP contribution is -2.12. The lowest BCUT2D eigenvalue weighted by atomic mass is 10.1. The number of fused-ring (bicyclic) bond motifs is 1. The molecule has 4 nitrogen and oxygen atoms in total. The maximum atomic E-state index is 5.51. The molecule has 18 heavy (non-hydrogen) atoms. The number of methoxy groups -OCH3 is 1. The van der Waals surface area contributed by atoms with E-state index >= 15 is 0 Å². The van der Waals surface area contributed by atoms with Gasteiger partial charge in [0.2, 0.25) is 0 Å². The molecule has 5 heteroatoms. The van der Waals surface area contributed by atoms with Crippen molar-refractivity contribution >= 4 is 17.6 Å². The van der Waals surface area contributed by atoms with Gasteiger partial charge >= 0.3 is 0 Å². The minimum atomic E-state index is 0.0170. The summed E-state index contributed by atoms with van der Waals surface area (Å²) < 4.78 is 5.51. The van der Waals surface area contributed by atoms with E-state index < -0.39 is 0 Å². The number of rotatable bonds is 6. The molecule has 100 valence electrons. The van der Waals surface area contributed by atoms with Gasteiger partial charge in [-0.1, -0.05) is 13.3 Å². The van der Waals surface area contributed by atoms with Crippen LogP contribution in [-0.2, 0) is 16.2 Å². The van der Waals surface area contributed by atoms with E-state index in [4.69, 9.17) is 4.74 Å². The molecule has 0 amide bonds. The summed E-state index contributed by atoms with van der Waals surface area (Å²) in [5.74, 6) is 3.84. The molecular weight excluding hydrogens is 246 g/mol. The highest BCUT2D eigenvalue weighted by Crippen LogP contribution is 2.34. The van der Waals surface area contributed by atoms with Gasteiger partial charge in [0.25, 0.3) is 0 Å². The smallest absolute Gasteiger partial charge is 0.159 e. The van der Waals surface area contributed by atoms with Crippen LogP contribution in [0.5, 0.6) is 0 Å². The number of ether oxygens (including phenoxy) is 1. The summed E-state index contributed by atoms with van der Waals surface area (Å²) in [5.41, 5.74) is 2.45. The fourth-order valence-electron chi connectivity index (χ4n) is 2.14. The first-order chi connectivity index (χ1) is 8.80. The molecule has 2 rings (SSSR count). The van der Waals surface area contributed by atoms with Crippen molar-refractivity contribution in [3.63, 3.8) is 0 Å². The molecule has 0 fully saturated rings. The first-order valence-corrected chi connectivity index (χ1v) is 7.69. The SMILES string of the molecule is CCCC(OC)c1nc2c(c(NCC)n1)CSC2. The average Bonchev–Trinajstić information content (AvgIpc) is 2.84. The van der Waals surface area contributed by atoms with E-state index in [1.165, 1.54) is 11.3 Å². The average molecular weight is 267 g/mol. The summed E-state index contributed by atoms with van der Waals surface area (Å²) in [6, 6.07) is 0. The lowest BCUT2D eigenvalue weighted by molar-refractivity contribution is 0.0875. The summed E-state index contributed by atoms with van der Waals surface area (Å²) in [7, 11) is 1.73. The van der Waals surface area contributed by atoms with Crippen LogP contribution in [0, 0.1) is 0 Å². The van der Waals surface area contributed by atoms with E-state index in [9.17, 15) is 0 Å². The summed E-state index contributed by atoms with van der Waals surface area (Å²) in [5, 5.41) is 3.35. The van der Waals surface area contributed by atoms with E-state index in [0.29, 0.717) is 0 Å². The topological polar surface area (TPSA) is 47.0 Å². The van der Waals surface area contributed by atoms with Crippen molar-refractivity contribution in [2.75, 3.05) is 19.0 Å². The zero-order valence-corrected chi connectivity index (χ0v) is 12.1. The van der Waals surface area contributed by atoms with Gasteiger partial charge in [-0.05, 0) is 13.3 Å². The largest absolute Gasteiger partial charge is 0.373 e. The van der Waals surface area contributed by atoms with E-state index in [2.05, 4.69) is 29.1 Å². The first kappa shape index (κ1) is 13.6. The molecule has 0 saturated carbocycles. The van der Waals surface area contributed by atoms with Crippen LogP contribution in [0.4, 0.5) is 5.82 Å². The van der Waals surface area contributed by atoms with Crippen molar-refractivity contribution in [2.45, 2.75) is 44.3 Å². The third kappa shape index (κ3) is 2.78. The van der Waals surface area contributed by atoms with Crippen LogP contribution in [0.2, 0.25) is 0 Å². The Kier molecular flexibility index (Phi) is 4.83. The number of anilines is 1. The second-order valence-corrected chi connectivity index (χ2v) is 5.38. The van der Waals surface area contributed by atoms with Crippen molar-refractivity contribution < 1.29 is 4.74 Å². The van der Waals surface area contributed by atoms with Gasteiger partial charge in [-0.15, -0.1) is 0 Å². The van der Waals surface area contributed by atoms with Crippen molar-refractivity contribution in [3.05, 3.63) is 17.1 Å². The Balaban J connectivity index is 2.33. The second-order valence-electron chi connectivity index (χ2n) is 4.39. The van der Waals surface area contributed by atoms with Gasteiger partial charge in [0.1, 0.15) is 11.9 Å². The minimum absolute atomic E-state index is 0.0170. The van der Waals surface area contributed by atoms with Crippen LogP contribution in [0.25, 0.3) is 0 Å². The van der Waals surface area contributed by atoms with Crippen LogP contribution >= 0.6 is 11.8 Å². The molecule has 1 atom stereocenters. The van der Waals surface area contributed by atoms with Crippen LogP contribution in [0.1, 0.15) is 49.9 Å². The molecule has 1 aromatic heterocycles. The zero-order chi connectivity index (χ0) is 13.0. The Hall–Kier alpha value is -0.810.